The highest BCUT2D eigenvalue weighted by molar-refractivity contribution is 5.95. The molecule has 1 aromatic carbocycles. The van der Waals surface area contributed by atoms with Crippen LogP contribution in [0.4, 0.5) is 5.69 Å². The molecule has 1 spiro atoms. The van der Waals surface area contributed by atoms with E-state index in [0.29, 0.717) is 11.3 Å². The molecule has 2 aliphatic heterocycles. The Hall–Kier alpha value is -1.55. The molecule has 1 aromatic rings. The molecule has 1 saturated carbocycles. The third kappa shape index (κ3) is 1.82. The minimum atomic E-state index is -0.0595. The van der Waals surface area contributed by atoms with Crippen molar-refractivity contribution in [1.29, 1.82) is 0 Å². The molecule has 19 heavy (non-hydrogen) atoms. The zero-order valence-corrected chi connectivity index (χ0v) is 10.9. The molecular formula is C15H18N2O2. The lowest BCUT2D eigenvalue weighted by molar-refractivity contribution is -0.118. The summed E-state index contributed by atoms with van der Waals surface area (Å²) in [7, 11) is 0. The molecule has 1 saturated heterocycles. The van der Waals surface area contributed by atoms with Crippen molar-refractivity contribution in [1.82, 2.24) is 5.32 Å². The molecule has 3 aliphatic rings. The van der Waals surface area contributed by atoms with Crippen molar-refractivity contribution in [2.45, 2.75) is 25.2 Å². The number of hydrogen-bond acceptors (Lipinski definition) is 3. The van der Waals surface area contributed by atoms with Crippen molar-refractivity contribution in [2.24, 2.45) is 5.41 Å². The monoisotopic (exact) mass is 258 g/mol. The van der Waals surface area contributed by atoms with Crippen LogP contribution in [-0.2, 0) is 4.79 Å². The van der Waals surface area contributed by atoms with Crippen LogP contribution in [0.15, 0.2) is 18.2 Å². The number of carbonyl (C=O) groups is 1. The van der Waals surface area contributed by atoms with Gasteiger partial charge in [-0.1, -0.05) is 6.07 Å². The van der Waals surface area contributed by atoms with Crippen LogP contribution in [0.3, 0.4) is 0 Å². The van der Waals surface area contributed by atoms with E-state index < -0.39 is 0 Å². The lowest BCUT2D eigenvalue weighted by Crippen LogP contribution is -2.51. The summed E-state index contributed by atoms with van der Waals surface area (Å²) in [6.45, 7) is 2.48. The predicted octanol–water partition coefficient (Wildman–Crippen LogP) is 1.87. The summed E-state index contributed by atoms with van der Waals surface area (Å²) in [6.07, 6.45) is 3.85. The fraction of sp³-hybridized carbons (Fsp3) is 0.533. The van der Waals surface area contributed by atoms with E-state index in [1.807, 2.05) is 6.07 Å². The van der Waals surface area contributed by atoms with Crippen molar-refractivity contribution < 1.29 is 9.53 Å². The first-order valence-electron chi connectivity index (χ1n) is 7.02. The summed E-state index contributed by atoms with van der Waals surface area (Å²) in [5.41, 5.74) is 2.73. The lowest BCUT2D eigenvalue weighted by atomic mass is 9.79. The number of benzene rings is 1. The molecule has 0 radical (unpaired) electrons. The number of nitrogens with one attached hydrogen (secondary N) is 2. The molecule has 1 unspecified atom stereocenters. The smallest absolute Gasteiger partial charge is 0.262 e. The molecule has 2 heterocycles. The third-order valence-electron chi connectivity index (χ3n) is 4.81. The fourth-order valence-corrected chi connectivity index (χ4v) is 3.65. The Morgan fingerprint density at radius 3 is 2.95 bits per heavy atom. The van der Waals surface area contributed by atoms with E-state index in [9.17, 15) is 4.79 Å². The molecule has 0 bridgehead atoms. The molecular weight excluding hydrogens is 240 g/mol. The minimum Gasteiger partial charge on any atom is -0.482 e. The van der Waals surface area contributed by atoms with Crippen LogP contribution in [0.5, 0.6) is 5.75 Å². The Kier molecular flexibility index (Phi) is 2.36. The Bertz CT molecular complexity index is 537. The van der Waals surface area contributed by atoms with E-state index in [0.717, 1.165) is 11.4 Å². The van der Waals surface area contributed by atoms with E-state index in [2.05, 4.69) is 22.8 Å². The molecule has 4 rings (SSSR count). The number of amides is 1. The molecule has 4 heteroatoms. The first-order chi connectivity index (χ1) is 9.24. The van der Waals surface area contributed by atoms with Crippen LogP contribution in [0.1, 0.15) is 30.7 Å². The van der Waals surface area contributed by atoms with Crippen molar-refractivity contribution in [3.8, 4) is 5.75 Å². The van der Waals surface area contributed by atoms with Crippen molar-refractivity contribution in [3.05, 3.63) is 23.8 Å². The van der Waals surface area contributed by atoms with E-state index in [1.54, 1.807) is 0 Å². The molecule has 1 amide bonds. The topological polar surface area (TPSA) is 50.4 Å². The third-order valence-corrected chi connectivity index (χ3v) is 4.81. The van der Waals surface area contributed by atoms with Crippen LogP contribution in [-0.4, -0.2) is 25.6 Å². The number of rotatable bonds is 1. The summed E-state index contributed by atoms with van der Waals surface area (Å²) in [5, 5.41) is 6.29. The van der Waals surface area contributed by atoms with E-state index in [-0.39, 0.29) is 12.5 Å². The molecule has 2 N–H and O–H groups in total. The summed E-state index contributed by atoms with van der Waals surface area (Å²) in [5.74, 6) is 1.36. The first kappa shape index (κ1) is 11.3. The van der Waals surface area contributed by atoms with Gasteiger partial charge in [-0.3, -0.25) is 4.79 Å². The van der Waals surface area contributed by atoms with Gasteiger partial charge in [0.25, 0.3) is 5.91 Å². The van der Waals surface area contributed by atoms with Crippen molar-refractivity contribution >= 4 is 11.6 Å². The quantitative estimate of drug-likeness (QED) is 0.808. The second kappa shape index (κ2) is 3.97. The van der Waals surface area contributed by atoms with Crippen LogP contribution in [0.2, 0.25) is 0 Å². The number of carbonyl (C=O) groups excluding carboxylic acids is 1. The van der Waals surface area contributed by atoms with Gasteiger partial charge in [0.15, 0.2) is 6.61 Å². The van der Waals surface area contributed by atoms with Gasteiger partial charge in [-0.2, -0.15) is 0 Å². The minimum absolute atomic E-state index is 0.0595. The summed E-state index contributed by atoms with van der Waals surface area (Å²) >= 11 is 0. The van der Waals surface area contributed by atoms with Gasteiger partial charge >= 0.3 is 0 Å². The molecule has 1 aliphatic carbocycles. The average molecular weight is 258 g/mol. The zero-order valence-electron chi connectivity index (χ0n) is 10.9. The van der Waals surface area contributed by atoms with Gasteiger partial charge in [-0.05, 0) is 48.3 Å². The molecule has 1 atom stereocenters. The van der Waals surface area contributed by atoms with E-state index in [1.165, 1.54) is 37.9 Å². The first-order valence-corrected chi connectivity index (χ1v) is 7.02. The van der Waals surface area contributed by atoms with Crippen molar-refractivity contribution in [2.75, 3.05) is 25.0 Å². The van der Waals surface area contributed by atoms with Crippen LogP contribution < -0.4 is 15.4 Å². The summed E-state index contributed by atoms with van der Waals surface area (Å²) in [4.78, 5) is 11.4. The largest absolute Gasteiger partial charge is 0.482 e. The van der Waals surface area contributed by atoms with Gasteiger partial charge in [0.05, 0.1) is 5.69 Å². The zero-order chi connectivity index (χ0) is 12.9. The second-order valence-corrected chi connectivity index (χ2v) is 6.14. The van der Waals surface area contributed by atoms with Crippen LogP contribution >= 0.6 is 0 Å². The molecule has 100 valence electrons. The number of anilines is 1. The normalized spacial score (nSPS) is 27.4. The maximum absolute atomic E-state index is 11.4. The van der Waals surface area contributed by atoms with Gasteiger partial charge in [-0.25, -0.2) is 0 Å². The molecule has 2 fully saturated rings. The molecule has 4 nitrogen and oxygen atoms in total. The SMILES string of the molecule is O=C1COc2ccc(C3CCC4(CNC4)C3)cc2N1. The summed E-state index contributed by atoms with van der Waals surface area (Å²) < 4.78 is 5.40. The Labute approximate surface area is 112 Å². The van der Waals surface area contributed by atoms with Gasteiger partial charge in [-0.15, -0.1) is 0 Å². The Balaban J connectivity index is 1.59. The average Bonchev–Trinajstić information content (AvgIpc) is 2.83. The number of fused-ring (bicyclic) bond motifs is 1. The van der Waals surface area contributed by atoms with Gasteiger partial charge in [0.2, 0.25) is 0 Å². The van der Waals surface area contributed by atoms with E-state index >= 15 is 0 Å². The standard InChI is InChI=1S/C15H18N2O2/c18-14-7-19-13-2-1-10(5-12(13)17-14)11-3-4-15(6-11)8-16-9-15/h1-2,5,11,16H,3-4,6-9H2,(H,17,18). The Morgan fingerprint density at radius 1 is 1.32 bits per heavy atom. The van der Waals surface area contributed by atoms with Gasteiger partial charge < -0.3 is 15.4 Å². The van der Waals surface area contributed by atoms with Gasteiger partial charge in [0.1, 0.15) is 5.75 Å². The number of hydrogen-bond donors (Lipinski definition) is 2. The fourth-order valence-electron chi connectivity index (χ4n) is 3.65. The number of ether oxygens (including phenoxy) is 1. The van der Waals surface area contributed by atoms with E-state index in [4.69, 9.17) is 4.74 Å². The second-order valence-electron chi connectivity index (χ2n) is 6.14. The van der Waals surface area contributed by atoms with Crippen LogP contribution in [0.25, 0.3) is 0 Å². The summed E-state index contributed by atoms with van der Waals surface area (Å²) in [6, 6.07) is 6.25. The van der Waals surface area contributed by atoms with Crippen molar-refractivity contribution in [3.63, 3.8) is 0 Å². The highest BCUT2D eigenvalue weighted by Gasteiger charge is 2.43. The molecule has 0 aromatic heterocycles. The van der Waals surface area contributed by atoms with Crippen LogP contribution in [0, 0.1) is 5.41 Å². The lowest BCUT2D eigenvalue weighted by Gasteiger charge is -2.39. The Morgan fingerprint density at radius 2 is 2.21 bits per heavy atom. The maximum Gasteiger partial charge on any atom is 0.262 e. The van der Waals surface area contributed by atoms with Gasteiger partial charge in [0, 0.05) is 13.1 Å². The highest BCUT2D eigenvalue weighted by Crippen LogP contribution is 2.49. The maximum atomic E-state index is 11.4. The highest BCUT2D eigenvalue weighted by atomic mass is 16.5. The predicted molar refractivity (Wildman–Crippen MR) is 72.5 cm³/mol.